The number of rotatable bonds is 5. The quantitative estimate of drug-likeness (QED) is 0.648. The Morgan fingerprint density at radius 2 is 2.00 bits per heavy atom. The number of unbranched alkanes of at least 4 members (excludes halogenated alkanes) is 2. The molecule has 1 aromatic carbocycles. The highest BCUT2D eigenvalue weighted by Gasteiger charge is 2.16. The Balaban J connectivity index is 1.93. The van der Waals surface area contributed by atoms with Gasteiger partial charge in [0.2, 0.25) is 0 Å². The first-order chi connectivity index (χ1) is 8.29. The maximum atomic E-state index is 5.40. The van der Waals surface area contributed by atoms with E-state index < -0.39 is 0 Å². The summed E-state index contributed by atoms with van der Waals surface area (Å²) in [5.74, 6) is 0. The molecule has 17 heavy (non-hydrogen) atoms. The molecule has 1 N–H and O–H groups in total. The topological polar surface area (TPSA) is 21.3 Å². The zero-order chi connectivity index (χ0) is 12.1. The summed E-state index contributed by atoms with van der Waals surface area (Å²) in [6.07, 6.45) is 7.09. The molecule has 0 aliphatic carbocycles. The Hall–Kier alpha value is -0.800. The van der Waals surface area contributed by atoms with E-state index in [0.717, 1.165) is 4.61 Å². The molecule has 0 aromatic heterocycles. The minimum atomic E-state index is 0.0223. The largest absolute Gasteiger partial charge is 0.263 e. The highest BCUT2D eigenvalue weighted by atomic mass is 79.9. The Morgan fingerprint density at radius 1 is 1.24 bits per heavy atom. The molecule has 0 unspecified atom stereocenters. The molecule has 1 aliphatic heterocycles. The lowest BCUT2D eigenvalue weighted by atomic mass is 10.0. The third-order valence-corrected chi connectivity index (χ3v) is 3.38. The van der Waals surface area contributed by atoms with Gasteiger partial charge in [-0.3, -0.25) is 10.3 Å². The summed E-state index contributed by atoms with van der Waals surface area (Å²) >= 11 is 3.36. The maximum Gasteiger partial charge on any atom is 0.131 e. The molecule has 1 atom stereocenters. The number of aryl methyl sites for hydroxylation is 1. The Morgan fingerprint density at radius 3 is 2.59 bits per heavy atom. The van der Waals surface area contributed by atoms with Crippen molar-refractivity contribution in [3.63, 3.8) is 0 Å². The van der Waals surface area contributed by atoms with Crippen LogP contribution in [0.25, 0.3) is 0 Å². The fourth-order valence-electron chi connectivity index (χ4n) is 1.94. The van der Waals surface area contributed by atoms with Crippen molar-refractivity contribution in [2.45, 2.75) is 38.7 Å². The van der Waals surface area contributed by atoms with E-state index >= 15 is 0 Å². The summed E-state index contributed by atoms with van der Waals surface area (Å²) < 4.78 is 0.898. The third kappa shape index (κ3) is 3.58. The van der Waals surface area contributed by atoms with E-state index in [1.54, 1.807) is 0 Å². The van der Waals surface area contributed by atoms with Crippen molar-refractivity contribution < 1.29 is 4.84 Å². The summed E-state index contributed by atoms with van der Waals surface area (Å²) in [5.41, 5.74) is 5.40. The minimum absolute atomic E-state index is 0.0223. The van der Waals surface area contributed by atoms with Crippen LogP contribution < -0.4 is 5.48 Å². The van der Waals surface area contributed by atoms with Crippen LogP contribution in [-0.4, -0.2) is 0 Å². The molecule has 0 saturated heterocycles. The number of hydroxylamine groups is 1. The van der Waals surface area contributed by atoms with Gasteiger partial charge in [0.15, 0.2) is 0 Å². The summed E-state index contributed by atoms with van der Waals surface area (Å²) in [6, 6.07) is 8.70. The smallest absolute Gasteiger partial charge is 0.131 e. The monoisotopic (exact) mass is 295 g/mol. The van der Waals surface area contributed by atoms with Gasteiger partial charge in [-0.05, 0) is 46.0 Å². The summed E-state index contributed by atoms with van der Waals surface area (Å²) in [5, 5.41) is 0. The van der Waals surface area contributed by atoms with Crippen LogP contribution in [0, 0.1) is 0 Å². The molecule has 0 radical (unpaired) electrons. The zero-order valence-corrected chi connectivity index (χ0v) is 11.7. The molecule has 0 spiro atoms. The van der Waals surface area contributed by atoms with E-state index in [0.29, 0.717) is 0 Å². The van der Waals surface area contributed by atoms with Gasteiger partial charge in [0.25, 0.3) is 0 Å². The van der Waals surface area contributed by atoms with E-state index in [4.69, 9.17) is 4.84 Å². The van der Waals surface area contributed by atoms with Crippen molar-refractivity contribution >= 4 is 15.9 Å². The van der Waals surface area contributed by atoms with Crippen LogP contribution in [0.3, 0.4) is 0 Å². The van der Waals surface area contributed by atoms with Gasteiger partial charge in [0, 0.05) is 0 Å². The van der Waals surface area contributed by atoms with Gasteiger partial charge >= 0.3 is 0 Å². The summed E-state index contributed by atoms with van der Waals surface area (Å²) in [7, 11) is 0. The van der Waals surface area contributed by atoms with Gasteiger partial charge in [-0.25, -0.2) is 0 Å². The molecular weight excluding hydrogens is 278 g/mol. The van der Waals surface area contributed by atoms with Crippen LogP contribution >= 0.6 is 15.9 Å². The number of benzene rings is 1. The van der Waals surface area contributed by atoms with Crippen LogP contribution in [0.1, 0.15) is 43.4 Å². The molecule has 0 fully saturated rings. The highest BCUT2D eigenvalue weighted by Crippen LogP contribution is 2.26. The van der Waals surface area contributed by atoms with E-state index in [1.807, 2.05) is 6.08 Å². The van der Waals surface area contributed by atoms with Crippen molar-refractivity contribution in [2.24, 2.45) is 0 Å². The predicted octanol–water partition coefficient (Wildman–Crippen LogP) is 4.23. The fourth-order valence-corrected chi connectivity index (χ4v) is 2.27. The average Bonchev–Trinajstić information content (AvgIpc) is 2.77. The number of hydrogen-bond acceptors (Lipinski definition) is 2. The molecular formula is C14H18BrNO. The number of nitrogens with one attached hydrogen (secondary N) is 1. The second-order valence-electron chi connectivity index (χ2n) is 4.35. The normalized spacial score (nSPS) is 18.9. The van der Waals surface area contributed by atoms with Crippen molar-refractivity contribution in [1.82, 2.24) is 5.48 Å². The van der Waals surface area contributed by atoms with Gasteiger partial charge in [-0.1, -0.05) is 44.0 Å². The first-order valence-corrected chi connectivity index (χ1v) is 6.96. The van der Waals surface area contributed by atoms with Gasteiger partial charge in [0.05, 0.1) is 0 Å². The predicted molar refractivity (Wildman–Crippen MR) is 73.6 cm³/mol. The van der Waals surface area contributed by atoms with E-state index in [1.165, 1.54) is 36.8 Å². The molecule has 0 amide bonds. The molecule has 2 nitrogen and oxygen atoms in total. The van der Waals surface area contributed by atoms with Gasteiger partial charge in [0.1, 0.15) is 10.7 Å². The fraction of sp³-hybridized carbons (Fsp3) is 0.429. The van der Waals surface area contributed by atoms with Crippen LogP contribution in [0.2, 0.25) is 0 Å². The van der Waals surface area contributed by atoms with Crippen molar-refractivity contribution in [3.8, 4) is 0 Å². The lowest BCUT2D eigenvalue weighted by molar-refractivity contribution is 0.0458. The summed E-state index contributed by atoms with van der Waals surface area (Å²) in [4.78, 5) is 5.40. The molecule has 92 valence electrons. The lowest BCUT2D eigenvalue weighted by Gasteiger charge is -2.08. The van der Waals surface area contributed by atoms with Crippen molar-refractivity contribution in [1.29, 1.82) is 0 Å². The number of halogens is 1. The van der Waals surface area contributed by atoms with Gasteiger partial charge in [-0.15, -0.1) is 0 Å². The molecule has 0 saturated carbocycles. The lowest BCUT2D eigenvalue weighted by Crippen LogP contribution is -2.05. The van der Waals surface area contributed by atoms with E-state index in [2.05, 4.69) is 52.6 Å². The molecule has 1 aliphatic rings. The zero-order valence-electron chi connectivity index (χ0n) is 10.1. The molecule has 1 aromatic rings. The molecule has 1 heterocycles. The minimum Gasteiger partial charge on any atom is -0.263 e. The Labute approximate surface area is 111 Å². The van der Waals surface area contributed by atoms with Gasteiger partial charge < -0.3 is 0 Å². The van der Waals surface area contributed by atoms with Crippen molar-refractivity contribution in [2.75, 3.05) is 0 Å². The third-order valence-electron chi connectivity index (χ3n) is 2.96. The number of hydrogen-bond donors (Lipinski definition) is 1. The van der Waals surface area contributed by atoms with Crippen LogP contribution in [0.15, 0.2) is 34.9 Å². The Bertz CT molecular complexity index is 386. The molecule has 2 rings (SSSR count). The molecule has 0 bridgehead atoms. The Kier molecular flexibility index (Phi) is 4.63. The maximum absolute atomic E-state index is 5.40. The van der Waals surface area contributed by atoms with E-state index in [-0.39, 0.29) is 6.10 Å². The molecule has 3 heteroatoms. The highest BCUT2D eigenvalue weighted by molar-refractivity contribution is 9.11. The van der Waals surface area contributed by atoms with Crippen LogP contribution in [0.5, 0.6) is 0 Å². The van der Waals surface area contributed by atoms with Crippen molar-refractivity contribution in [3.05, 3.63) is 46.1 Å². The second-order valence-corrected chi connectivity index (χ2v) is 5.21. The van der Waals surface area contributed by atoms with Crippen LogP contribution in [0.4, 0.5) is 0 Å². The van der Waals surface area contributed by atoms with Gasteiger partial charge in [-0.2, -0.15) is 0 Å². The first-order valence-electron chi connectivity index (χ1n) is 6.17. The SMILES string of the molecule is CCCCCc1ccc([C@H]2C=C(Br)NO2)cc1. The standard InChI is InChI=1S/C14H18BrNO/c1-2-3-4-5-11-6-8-12(9-7-11)13-10-14(15)16-17-13/h6-10,13,16H,2-5H2,1H3/t13-/m1/s1. The van der Waals surface area contributed by atoms with Crippen LogP contribution in [-0.2, 0) is 11.3 Å². The average molecular weight is 296 g/mol. The summed E-state index contributed by atoms with van der Waals surface area (Å²) in [6.45, 7) is 2.23. The second kappa shape index (κ2) is 6.22. The van der Waals surface area contributed by atoms with E-state index in [9.17, 15) is 0 Å². The first kappa shape index (κ1) is 12.7.